The molecular formula is C32H53N3O. The van der Waals surface area contributed by atoms with Crippen LogP contribution in [0.4, 0.5) is 5.69 Å². The van der Waals surface area contributed by atoms with Crippen molar-refractivity contribution in [2.45, 2.75) is 117 Å². The van der Waals surface area contributed by atoms with Crippen LogP contribution >= 0.6 is 0 Å². The number of nitrogens with one attached hydrogen (secondary N) is 1. The van der Waals surface area contributed by atoms with Crippen molar-refractivity contribution in [1.29, 1.82) is 0 Å². The zero-order valence-electron chi connectivity index (χ0n) is 23.4. The number of benzene rings is 1. The fourth-order valence-corrected chi connectivity index (χ4v) is 4.38. The number of carbonyl (C=O) groups is 1. The average Bonchev–Trinajstić information content (AvgIpc) is 3.16. The Morgan fingerprint density at radius 2 is 1.31 bits per heavy atom. The Bertz CT molecular complexity index is 721. The van der Waals surface area contributed by atoms with Gasteiger partial charge in [-0.3, -0.25) is 10.2 Å². The van der Waals surface area contributed by atoms with E-state index in [0.29, 0.717) is 0 Å². The molecule has 4 heteroatoms. The van der Waals surface area contributed by atoms with Gasteiger partial charge in [0, 0.05) is 19.3 Å². The Kier molecular flexibility index (Phi) is 20.3. The third kappa shape index (κ3) is 16.3. The van der Waals surface area contributed by atoms with Crippen LogP contribution in [-0.4, -0.2) is 30.1 Å². The second-order valence-electron chi connectivity index (χ2n) is 9.82. The summed E-state index contributed by atoms with van der Waals surface area (Å²) < 4.78 is 0. The SMILES string of the molecule is C1=Cc2ccccc2NN=C1.C=CC(=O)N(CCCCCCCCCC)CCCCCCCCCC. The predicted molar refractivity (Wildman–Crippen MR) is 160 cm³/mol. The summed E-state index contributed by atoms with van der Waals surface area (Å²) in [6.07, 6.45) is 28.2. The Morgan fingerprint density at radius 3 is 1.83 bits per heavy atom. The second-order valence-corrected chi connectivity index (χ2v) is 9.82. The molecule has 0 fully saturated rings. The molecule has 1 heterocycles. The van der Waals surface area contributed by atoms with Crippen molar-refractivity contribution >= 4 is 23.9 Å². The highest BCUT2D eigenvalue weighted by Crippen LogP contribution is 2.17. The Balaban J connectivity index is 0.000000479. The van der Waals surface area contributed by atoms with E-state index in [1.54, 1.807) is 6.21 Å². The number of fused-ring (bicyclic) bond motifs is 1. The van der Waals surface area contributed by atoms with E-state index in [1.165, 1.54) is 102 Å². The van der Waals surface area contributed by atoms with Crippen LogP contribution in [0.3, 0.4) is 0 Å². The molecule has 2 rings (SSSR count). The molecule has 1 aliphatic rings. The number of allylic oxidation sites excluding steroid dienone is 1. The molecule has 0 atom stereocenters. The Hall–Kier alpha value is -2.36. The fraction of sp³-hybridized carbons (Fsp3) is 0.625. The summed E-state index contributed by atoms with van der Waals surface area (Å²) in [6, 6.07) is 8.05. The summed E-state index contributed by atoms with van der Waals surface area (Å²) in [7, 11) is 0. The van der Waals surface area contributed by atoms with Crippen molar-refractivity contribution in [1.82, 2.24) is 4.90 Å². The van der Waals surface area contributed by atoms with E-state index in [4.69, 9.17) is 0 Å². The van der Waals surface area contributed by atoms with Crippen molar-refractivity contribution in [3.05, 3.63) is 48.6 Å². The lowest BCUT2D eigenvalue weighted by atomic mass is 10.1. The number of unbranched alkanes of at least 4 members (excludes halogenated alkanes) is 14. The van der Waals surface area contributed by atoms with Gasteiger partial charge in [-0.15, -0.1) is 0 Å². The molecule has 1 aromatic rings. The van der Waals surface area contributed by atoms with E-state index >= 15 is 0 Å². The summed E-state index contributed by atoms with van der Waals surface area (Å²) in [5.41, 5.74) is 5.16. The first-order valence-electron chi connectivity index (χ1n) is 14.7. The lowest BCUT2D eigenvalue weighted by Crippen LogP contribution is -2.31. The zero-order valence-corrected chi connectivity index (χ0v) is 23.4. The van der Waals surface area contributed by atoms with Gasteiger partial charge in [-0.05, 0) is 36.6 Å². The number of hydrogen-bond donors (Lipinski definition) is 1. The molecule has 0 bridgehead atoms. The molecule has 1 N–H and O–H groups in total. The molecule has 1 aliphatic heterocycles. The average molecular weight is 496 g/mol. The van der Waals surface area contributed by atoms with E-state index in [0.717, 1.165) is 31.6 Å². The van der Waals surface area contributed by atoms with Gasteiger partial charge in [0.2, 0.25) is 5.91 Å². The van der Waals surface area contributed by atoms with Gasteiger partial charge >= 0.3 is 0 Å². The topological polar surface area (TPSA) is 44.7 Å². The van der Waals surface area contributed by atoms with Crippen LogP contribution in [0.1, 0.15) is 122 Å². The smallest absolute Gasteiger partial charge is 0.245 e. The van der Waals surface area contributed by atoms with Gasteiger partial charge in [0.25, 0.3) is 0 Å². The van der Waals surface area contributed by atoms with Crippen molar-refractivity contribution < 1.29 is 4.79 Å². The number of carbonyl (C=O) groups excluding carboxylic acids is 1. The third-order valence-electron chi connectivity index (χ3n) is 6.63. The molecular weight excluding hydrogens is 442 g/mol. The molecule has 202 valence electrons. The van der Waals surface area contributed by atoms with Crippen molar-refractivity contribution in [2.75, 3.05) is 18.5 Å². The van der Waals surface area contributed by atoms with Crippen LogP contribution in [0.15, 0.2) is 48.1 Å². The monoisotopic (exact) mass is 495 g/mol. The number of hydrogen-bond acceptors (Lipinski definition) is 3. The molecule has 0 aliphatic carbocycles. The largest absolute Gasteiger partial charge is 0.339 e. The summed E-state index contributed by atoms with van der Waals surface area (Å²) >= 11 is 0. The van der Waals surface area contributed by atoms with Gasteiger partial charge in [0.15, 0.2) is 0 Å². The molecule has 1 aromatic carbocycles. The summed E-state index contributed by atoms with van der Waals surface area (Å²) in [6.45, 7) is 10.0. The van der Waals surface area contributed by atoms with Crippen LogP contribution in [0.5, 0.6) is 0 Å². The normalized spacial score (nSPS) is 11.6. The van der Waals surface area contributed by atoms with E-state index < -0.39 is 0 Å². The molecule has 0 unspecified atom stereocenters. The minimum atomic E-state index is 0.117. The predicted octanol–water partition coefficient (Wildman–Crippen LogP) is 9.39. The molecule has 36 heavy (non-hydrogen) atoms. The van der Waals surface area contributed by atoms with E-state index in [1.807, 2.05) is 41.3 Å². The van der Waals surface area contributed by atoms with Crippen molar-refractivity contribution in [2.24, 2.45) is 5.10 Å². The molecule has 0 spiro atoms. The maximum atomic E-state index is 12.0. The van der Waals surface area contributed by atoms with Gasteiger partial charge in [-0.25, -0.2) is 0 Å². The van der Waals surface area contributed by atoms with Gasteiger partial charge < -0.3 is 4.90 Å². The number of nitrogens with zero attached hydrogens (tertiary/aromatic N) is 2. The van der Waals surface area contributed by atoms with E-state index in [9.17, 15) is 4.79 Å². The Morgan fingerprint density at radius 1 is 0.806 bits per heavy atom. The quantitative estimate of drug-likeness (QED) is 0.153. The molecule has 0 saturated heterocycles. The number of hydrazone groups is 1. The fourth-order valence-electron chi connectivity index (χ4n) is 4.38. The maximum absolute atomic E-state index is 12.0. The number of anilines is 1. The van der Waals surface area contributed by atoms with Crippen LogP contribution in [0.2, 0.25) is 0 Å². The van der Waals surface area contributed by atoms with Gasteiger partial charge in [-0.2, -0.15) is 5.10 Å². The molecule has 1 amide bonds. The van der Waals surface area contributed by atoms with Crippen LogP contribution in [0, 0.1) is 0 Å². The highest BCUT2D eigenvalue weighted by molar-refractivity contribution is 5.87. The lowest BCUT2D eigenvalue weighted by molar-refractivity contribution is -0.126. The number of amides is 1. The van der Waals surface area contributed by atoms with E-state index in [-0.39, 0.29) is 5.91 Å². The lowest BCUT2D eigenvalue weighted by Gasteiger charge is -2.21. The highest BCUT2D eigenvalue weighted by Gasteiger charge is 2.09. The molecule has 0 aromatic heterocycles. The van der Waals surface area contributed by atoms with Gasteiger partial charge in [0.1, 0.15) is 0 Å². The first kappa shape index (κ1) is 31.7. The van der Waals surface area contributed by atoms with Gasteiger partial charge in [-0.1, -0.05) is 135 Å². The van der Waals surface area contributed by atoms with E-state index in [2.05, 4.69) is 31.0 Å². The minimum Gasteiger partial charge on any atom is -0.339 e. The number of rotatable bonds is 19. The van der Waals surface area contributed by atoms with Crippen molar-refractivity contribution in [3.8, 4) is 0 Å². The second kappa shape index (κ2) is 23.1. The standard InChI is InChI=1S/C23H45NO.C9H8N2/c1-4-7-9-11-13-15-17-19-21-24(23(25)6-3)22-20-18-16-14-12-10-8-5-2;1-2-6-9-8(4-1)5-3-7-10-11-9/h6H,3-5,7-22H2,1-2H3;1-7,11H. The summed E-state index contributed by atoms with van der Waals surface area (Å²) in [5.74, 6) is 0.117. The Labute approximate surface area is 222 Å². The molecule has 0 saturated carbocycles. The van der Waals surface area contributed by atoms with Crippen LogP contribution in [-0.2, 0) is 4.79 Å². The van der Waals surface area contributed by atoms with Crippen molar-refractivity contribution in [3.63, 3.8) is 0 Å². The maximum Gasteiger partial charge on any atom is 0.245 e. The third-order valence-corrected chi connectivity index (χ3v) is 6.63. The molecule has 4 nitrogen and oxygen atoms in total. The van der Waals surface area contributed by atoms with Crippen LogP contribution < -0.4 is 5.43 Å². The minimum absolute atomic E-state index is 0.117. The summed E-state index contributed by atoms with van der Waals surface area (Å²) in [5, 5.41) is 3.95. The first-order chi connectivity index (χ1) is 17.7. The summed E-state index contributed by atoms with van der Waals surface area (Å²) in [4.78, 5) is 14.0. The number of para-hydroxylation sites is 1. The van der Waals surface area contributed by atoms with Gasteiger partial charge in [0.05, 0.1) is 5.69 Å². The first-order valence-corrected chi connectivity index (χ1v) is 14.7. The molecule has 0 radical (unpaired) electrons. The highest BCUT2D eigenvalue weighted by atomic mass is 16.2. The van der Waals surface area contributed by atoms with Crippen LogP contribution in [0.25, 0.3) is 6.08 Å². The zero-order chi connectivity index (χ0) is 26.1.